The Balaban J connectivity index is 0.000000105. The Kier molecular flexibility index (Phi) is 10.7. The standard InChI is InChI=1S/2C19H19N5.C18H16ClN5/c1-10-7-16-17(15-9-21-24-18(10)15)12-5-3-4-6-13(12)19(22-16)14-8-20-23-11(14)2;1-10-7-16-15(9-21-24-16)17-12-5-3-4-6-13(12)19(22-18(10)17)14-8-20-23-11(14)2;1-9-12(7-20-23-9)17-11-5-3-2-4-10(11)16-13-8-21-24-15(13)6-14(19)18(16)22-17/h2*7-9H,3-6H2,1-2H3,(H,20,23)(H,21,24);6-8H,2-5H2,1H3,(H,20,23)(H,21,24). The van der Waals surface area contributed by atoms with Crippen LogP contribution in [0.25, 0.3) is 99.2 Å². The second-order valence-electron chi connectivity index (χ2n) is 20.0. The quantitative estimate of drug-likeness (QED) is 0.0993. The third-order valence-corrected chi connectivity index (χ3v) is 15.9. The zero-order chi connectivity index (χ0) is 48.8. The molecule has 3 aromatic carbocycles. The molecule has 72 heavy (non-hydrogen) atoms. The lowest BCUT2D eigenvalue weighted by atomic mass is 9.85. The maximum absolute atomic E-state index is 6.57. The summed E-state index contributed by atoms with van der Waals surface area (Å²) in [6.07, 6.45) is 25.3. The number of H-pyrrole nitrogens is 6. The SMILES string of the molecule is Cc1[nH]ncc1-c1nc2c(C)cc3[nH]ncc3c2c2c1CCCC2.Cc1[nH]ncc1-c1nc2c(Cl)cc3[nH]ncc3c2c2c1CCCC2.Cc1[nH]ncc1-c1nc2cc(C)c3[nH]ncc3c2c2c1CCCC2. The van der Waals surface area contributed by atoms with Gasteiger partial charge in [-0.2, -0.15) is 30.6 Å². The van der Waals surface area contributed by atoms with E-state index in [1.165, 1.54) is 105 Å². The lowest BCUT2D eigenvalue weighted by Gasteiger charge is -2.22. The summed E-state index contributed by atoms with van der Waals surface area (Å²) in [6, 6.07) is 6.25. The van der Waals surface area contributed by atoms with Crippen molar-refractivity contribution in [3.63, 3.8) is 0 Å². The Hall–Kier alpha value is -7.78. The smallest absolute Gasteiger partial charge is 0.0906 e. The molecule has 16 heteroatoms. The maximum atomic E-state index is 6.57. The van der Waals surface area contributed by atoms with Gasteiger partial charge in [-0.25, -0.2) is 15.0 Å². The molecular formula is C56H54ClN15. The first-order valence-electron chi connectivity index (χ1n) is 25.3. The number of hydrogen-bond donors (Lipinski definition) is 6. The molecule has 0 fully saturated rings. The fourth-order valence-corrected chi connectivity index (χ4v) is 12.4. The second kappa shape index (κ2) is 17.5. The van der Waals surface area contributed by atoms with Crippen molar-refractivity contribution in [1.82, 2.24) is 76.1 Å². The molecule has 0 unspecified atom stereocenters. The van der Waals surface area contributed by atoms with Crippen LogP contribution in [0.15, 0.2) is 55.4 Å². The molecule has 9 aromatic heterocycles. The highest BCUT2D eigenvalue weighted by Crippen LogP contribution is 2.43. The van der Waals surface area contributed by atoms with E-state index in [1.807, 2.05) is 50.2 Å². The number of benzene rings is 3. The average Bonchev–Trinajstić information content (AvgIpc) is 4.28. The molecule has 12 aromatic rings. The predicted octanol–water partition coefficient (Wildman–Crippen LogP) is 12.3. The first-order chi connectivity index (χ1) is 35.2. The van der Waals surface area contributed by atoms with Crippen LogP contribution >= 0.6 is 11.6 Å². The van der Waals surface area contributed by atoms with Crippen LogP contribution in [0.5, 0.6) is 0 Å². The molecule has 0 amide bonds. The molecule has 3 aliphatic carbocycles. The zero-order valence-electron chi connectivity index (χ0n) is 41.1. The molecule has 0 saturated heterocycles. The van der Waals surface area contributed by atoms with Gasteiger partial charge in [-0.15, -0.1) is 0 Å². The third kappa shape index (κ3) is 7.10. The highest BCUT2D eigenvalue weighted by atomic mass is 35.5. The van der Waals surface area contributed by atoms with Crippen LogP contribution < -0.4 is 0 Å². The molecule has 0 saturated carbocycles. The number of nitrogens with zero attached hydrogens (tertiary/aromatic N) is 9. The van der Waals surface area contributed by atoms with Crippen LogP contribution in [0.4, 0.5) is 0 Å². The first-order valence-corrected chi connectivity index (χ1v) is 25.6. The fraction of sp³-hybridized carbons (Fsp3) is 0.304. The monoisotopic (exact) mass is 971 g/mol. The van der Waals surface area contributed by atoms with E-state index >= 15 is 0 Å². The molecule has 0 atom stereocenters. The summed E-state index contributed by atoms with van der Waals surface area (Å²) in [7, 11) is 0. The van der Waals surface area contributed by atoms with E-state index in [4.69, 9.17) is 26.6 Å². The van der Waals surface area contributed by atoms with Crippen molar-refractivity contribution in [2.45, 2.75) is 112 Å². The van der Waals surface area contributed by atoms with E-state index in [0.717, 1.165) is 133 Å². The highest BCUT2D eigenvalue weighted by molar-refractivity contribution is 6.37. The van der Waals surface area contributed by atoms with Gasteiger partial charge in [0.2, 0.25) is 0 Å². The minimum absolute atomic E-state index is 0.664. The van der Waals surface area contributed by atoms with Crippen molar-refractivity contribution in [3.05, 3.63) is 122 Å². The summed E-state index contributed by atoms with van der Waals surface area (Å²) in [6.45, 7) is 10.4. The Bertz CT molecular complexity index is 3930. The van der Waals surface area contributed by atoms with Crippen LogP contribution in [-0.4, -0.2) is 76.1 Å². The largest absolute Gasteiger partial charge is 0.282 e. The van der Waals surface area contributed by atoms with E-state index in [-0.39, 0.29) is 0 Å². The molecule has 6 N–H and O–H groups in total. The Labute approximate surface area is 418 Å². The van der Waals surface area contributed by atoms with Gasteiger partial charge in [0.15, 0.2) is 0 Å². The van der Waals surface area contributed by atoms with Gasteiger partial charge < -0.3 is 0 Å². The van der Waals surface area contributed by atoms with Crippen LogP contribution in [0.2, 0.25) is 5.02 Å². The highest BCUT2D eigenvalue weighted by Gasteiger charge is 2.27. The lowest BCUT2D eigenvalue weighted by Crippen LogP contribution is -2.08. The molecule has 0 aliphatic heterocycles. The van der Waals surface area contributed by atoms with Crippen molar-refractivity contribution in [3.8, 4) is 33.8 Å². The van der Waals surface area contributed by atoms with E-state index in [1.54, 1.807) is 0 Å². The summed E-state index contributed by atoms with van der Waals surface area (Å²) in [5, 5.41) is 51.7. The van der Waals surface area contributed by atoms with Gasteiger partial charge in [0.05, 0.1) is 92.4 Å². The van der Waals surface area contributed by atoms with Crippen LogP contribution in [0, 0.1) is 34.6 Å². The second-order valence-corrected chi connectivity index (χ2v) is 20.4. The van der Waals surface area contributed by atoms with Gasteiger partial charge in [0.1, 0.15) is 0 Å². The Morgan fingerprint density at radius 1 is 0.389 bits per heavy atom. The predicted molar refractivity (Wildman–Crippen MR) is 286 cm³/mol. The summed E-state index contributed by atoms with van der Waals surface area (Å²) >= 11 is 6.57. The maximum Gasteiger partial charge on any atom is 0.0906 e. The summed E-state index contributed by atoms with van der Waals surface area (Å²) in [5.74, 6) is 0. The minimum atomic E-state index is 0.664. The molecule has 15 nitrogen and oxygen atoms in total. The first kappa shape index (κ1) is 44.2. The number of hydrogen-bond acceptors (Lipinski definition) is 9. The summed E-state index contributed by atoms with van der Waals surface area (Å²) in [5.41, 5.74) is 26.8. The van der Waals surface area contributed by atoms with E-state index in [9.17, 15) is 0 Å². The number of aromatic nitrogens is 15. The number of fused-ring (bicyclic) bond motifs is 15. The van der Waals surface area contributed by atoms with E-state index in [2.05, 4.69) is 101 Å². The van der Waals surface area contributed by atoms with Gasteiger partial charge >= 0.3 is 0 Å². The van der Waals surface area contributed by atoms with Gasteiger partial charge in [0, 0.05) is 66.1 Å². The van der Waals surface area contributed by atoms with E-state index < -0.39 is 0 Å². The van der Waals surface area contributed by atoms with Gasteiger partial charge in [-0.05, 0) is 174 Å². The van der Waals surface area contributed by atoms with Crippen molar-refractivity contribution in [2.75, 3.05) is 0 Å². The summed E-state index contributed by atoms with van der Waals surface area (Å²) in [4.78, 5) is 15.2. The number of pyridine rings is 3. The van der Waals surface area contributed by atoms with Gasteiger partial charge in [-0.1, -0.05) is 11.6 Å². The Morgan fingerprint density at radius 2 is 0.806 bits per heavy atom. The molecule has 0 bridgehead atoms. The number of aryl methyl sites for hydroxylation is 8. The van der Waals surface area contributed by atoms with Crippen molar-refractivity contribution < 1.29 is 0 Å². The number of rotatable bonds is 3. The summed E-state index contributed by atoms with van der Waals surface area (Å²) < 4.78 is 0. The van der Waals surface area contributed by atoms with Crippen molar-refractivity contribution >= 4 is 77.0 Å². The van der Waals surface area contributed by atoms with Crippen LogP contribution in [0.1, 0.15) is 100 Å². The average molecular weight is 973 g/mol. The third-order valence-electron chi connectivity index (χ3n) is 15.6. The normalized spacial score (nSPS) is 14.4. The zero-order valence-corrected chi connectivity index (χ0v) is 41.8. The van der Waals surface area contributed by atoms with E-state index in [0.29, 0.717) is 5.02 Å². The molecule has 360 valence electrons. The Morgan fingerprint density at radius 3 is 1.32 bits per heavy atom. The van der Waals surface area contributed by atoms with Crippen LogP contribution in [0.3, 0.4) is 0 Å². The molecule has 15 rings (SSSR count). The minimum Gasteiger partial charge on any atom is -0.282 e. The van der Waals surface area contributed by atoms with Gasteiger partial charge in [0.25, 0.3) is 0 Å². The number of halogens is 1. The van der Waals surface area contributed by atoms with Crippen LogP contribution in [-0.2, 0) is 38.5 Å². The molecule has 3 aliphatic rings. The van der Waals surface area contributed by atoms with Crippen molar-refractivity contribution in [2.24, 2.45) is 0 Å². The molecule has 0 radical (unpaired) electrons. The topological polar surface area (TPSA) is 211 Å². The molecular weight excluding hydrogens is 918 g/mol. The number of aromatic amines is 6. The molecule has 9 heterocycles. The number of nitrogens with one attached hydrogen (secondary N) is 6. The van der Waals surface area contributed by atoms with Gasteiger partial charge in [-0.3, -0.25) is 30.6 Å². The van der Waals surface area contributed by atoms with Crippen molar-refractivity contribution in [1.29, 1.82) is 0 Å². The molecule has 0 spiro atoms. The fourth-order valence-electron chi connectivity index (χ4n) is 12.1. The lowest BCUT2D eigenvalue weighted by molar-refractivity contribution is 0.689.